The minimum atomic E-state index is 0.0663. The molecule has 2 heterocycles. The lowest BCUT2D eigenvalue weighted by Crippen LogP contribution is -2.43. The monoisotopic (exact) mass is 327 g/mol. The second-order valence-corrected chi connectivity index (χ2v) is 6.26. The van der Waals surface area contributed by atoms with Gasteiger partial charge in [-0.15, -0.1) is 0 Å². The second kappa shape index (κ2) is 7.18. The van der Waals surface area contributed by atoms with E-state index in [0.29, 0.717) is 13.2 Å². The second-order valence-electron chi connectivity index (χ2n) is 6.26. The zero-order valence-electron chi connectivity index (χ0n) is 14.7. The maximum absolute atomic E-state index is 13.1. The van der Waals surface area contributed by atoms with Crippen molar-refractivity contribution in [1.82, 2.24) is 14.7 Å². The molecule has 1 aromatic heterocycles. The van der Waals surface area contributed by atoms with E-state index in [0.717, 1.165) is 42.0 Å². The number of hydrogen-bond acceptors (Lipinski definition) is 3. The standard InChI is InChI=1S/C19H25N3O2/c1-4-24-17-11-8-12-21(13-17)19(23)18-14(2)20-22(15(18)3)16-9-6-5-7-10-16/h5-7,9-10,17H,4,8,11-13H2,1-3H3/t17-/m1/s1. The van der Waals surface area contributed by atoms with E-state index in [4.69, 9.17) is 4.74 Å². The number of benzene rings is 1. The Kier molecular flexibility index (Phi) is 5.00. The Bertz CT molecular complexity index is 707. The molecule has 0 spiro atoms. The Balaban J connectivity index is 1.87. The van der Waals surface area contributed by atoms with Gasteiger partial charge in [-0.2, -0.15) is 5.10 Å². The number of carbonyl (C=O) groups excluding carboxylic acids is 1. The predicted octanol–water partition coefficient (Wildman–Crippen LogP) is 3.13. The van der Waals surface area contributed by atoms with Crippen molar-refractivity contribution in [1.29, 1.82) is 0 Å². The van der Waals surface area contributed by atoms with Crippen LogP contribution in [-0.4, -0.2) is 46.4 Å². The van der Waals surface area contributed by atoms with Gasteiger partial charge in [0, 0.05) is 19.7 Å². The van der Waals surface area contributed by atoms with Crippen molar-refractivity contribution in [2.24, 2.45) is 0 Å². The number of piperidine rings is 1. The average molecular weight is 327 g/mol. The van der Waals surface area contributed by atoms with Gasteiger partial charge in [-0.25, -0.2) is 4.68 Å². The molecule has 3 rings (SSSR count). The molecule has 0 N–H and O–H groups in total. The topological polar surface area (TPSA) is 47.4 Å². The molecule has 0 radical (unpaired) electrons. The van der Waals surface area contributed by atoms with Crippen molar-refractivity contribution in [3.8, 4) is 5.69 Å². The van der Waals surface area contributed by atoms with Crippen LogP contribution in [0.3, 0.4) is 0 Å². The van der Waals surface area contributed by atoms with Crippen molar-refractivity contribution in [2.75, 3.05) is 19.7 Å². The maximum Gasteiger partial charge on any atom is 0.257 e. The number of hydrogen-bond donors (Lipinski definition) is 0. The van der Waals surface area contributed by atoms with Crippen LogP contribution in [-0.2, 0) is 4.74 Å². The fourth-order valence-corrected chi connectivity index (χ4v) is 3.43. The van der Waals surface area contributed by atoms with E-state index in [1.807, 2.05) is 60.7 Å². The number of amides is 1. The predicted molar refractivity (Wildman–Crippen MR) is 93.6 cm³/mol. The summed E-state index contributed by atoms with van der Waals surface area (Å²) in [6.45, 7) is 8.02. The zero-order valence-corrected chi connectivity index (χ0v) is 14.7. The van der Waals surface area contributed by atoms with Gasteiger partial charge in [0.25, 0.3) is 5.91 Å². The van der Waals surface area contributed by atoms with Crippen LogP contribution in [0.5, 0.6) is 0 Å². The fourth-order valence-electron chi connectivity index (χ4n) is 3.43. The molecule has 1 aliphatic rings. The molecule has 24 heavy (non-hydrogen) atoms. The highest BCUT2D eigenvalue weighted by molar-refractivity contribution is 5.96. The van der Waals surface area contributed by atoms with Crippen LogP contribution >= 0.6 is 0 Å². The summed E-state index contributed by atoms with van der Waals surface area (Å²) in [6.07, 6.45) is 2.16. The van der Waals surface area contributed by atoms with Gasteiger partial charge in [0.05, 0.1) is 28.7 Å². The molecule has 1 aliphatic heterocycles. The minimum Gasteiger partial charge on any atom is -0.377 e. The van der Waals surface area contributed by atoms with Crippen LogP contribution in [0.2, 0.25) is 0 Å². The van der Waals surface area contributed by atoms with Crippen molar-refractivity contribution < 1.29 is 9.53 Å². The van der Waals surface area contributed by atoms with Crippen LogP contribution < -0.4 is 0 Å². The maximum atomic E-state index is 13.1. The van der Waals surface area contributed by atoms with Crippen molar-refractivity contribution in [3.63, 3.8) is 0 Å². The molecule has 0 saturated carbocycles. The first kappa shape index (κ1) is 16.7. The van der Waals surface area contributed by atoms with E-state index in [1.165, 1.54) is 0 Å². The zero-order chi connectivity index (χ0) is 17.1. The molecule has 1 atom stereocenters. The lowest BCUT2D eigenvalue weighted by Gasteiger charge is -2.32. The number of nitrogens with zero attached hydrogens (tertiary/aromatic N) is 3. The summed E-state index contributed by atoms with van der Waals surface area (Å²) in [4.78, 5) is 15.0. The van der Waals surface area contributed by atoms with Gasteiger partial charge in [-0.1, -0.05) is 18.2 Å². The first-order valence-electron chi connectivity index (χ1n) is 8.64. The summed E-state index contributed by atoms with van der Waals surface area (Å²) < 4.78 is 7.57. The molecule has 0 bridgehead atoms. The number of carbonyl (C=O) groups is 1. The Labute approximate surface area is 143 Å². The summed E-state index contributed by atoms with van der Waals surface area (Å²) in [5.74, 6) is 0.0663. The third-order valence-electron chi connectivity index (χ3n) is 4.57. The lowest BCUT2D eigenvalue weighted by molar-refractivity contribution is 0.00718. The third kappa shape index (κ3) is 3.22. The highest BCUT2D eigenvalue weighted by atomic mass is 16.5. The number of rotatable bonds is 4. The summed E-state index contributed by atoms with van der Waals surface area (Å²) in [6, 6.07) is 9.93. The van der Waals surface area contributed by atoms with Gasteiger partial charge in [-0.3, -0.25) is 4.79 Å². The van der Waals surface area contributed by atoms with E-state index in [1.54, 1.807) is 0 Å². The van der Waals surface area contributed by atoms with Gasteiger partial charge < -0.3 is 9.64 Å². The summed E-state index contributed by atoms with van der Waals surface area (Å²) in [7, 11) is 0. The van der Waals surface area contributed by atoms with Crippen molar-refractivity contribution in [3.05, 3.63) is 47.3 Å². The van der Waals surface area contributed by atoms with Crippen LogP contribution in [0.1, 0.15) is 41.5 Å². The van der Waals surface area contributed by atoms with Crippen LogP contribution in [0.4, 0.5) is 0 Å². The van der Waals surface area contributed by atoms with E-state index >= 15 is 0 Å². The number of para-hydroxylation sites is 1. The van der Waals surface area contributed by atoms with Crippen LogP contribution in [0, 0.1) is 13.8 Å². The SMILES string of the molecule is CCO[C@@H]1CCCN(C(=O)c2c(C)nn(-c3ccccc3)c2C)C1. The van der Waals surface area contributed by atoms with E-state index in [-0.39, 0.29) is 12.0 Å². The van der Waals surface area contributed by atoms with Gasteiger partial charge in [0.1, 0.15) is 0 Å². The summed E-state index contributed by atoms with van der Waals surface area (Å²) in [5.41, 5.74) is 3.36. The van der Waals surface area contributed by atoms with Gasteiger partial charge >= 0.3 is 0 Å². The van der Waals surface area contributed by atoms with Gasteiger partial charge in [0.2, 0.25) is 0 Å². The number of aromatic nitrogens is 2. The van der Waals surface area contributed by atoms with Crippen molar-refractivity contribution >= 4 is 5.91 Å². The Morgan fingerprint density at radius 2 is 2.04 bits per heavy atom. The molecule has 5 nitrogen and oxygen atoms in total. The van der Waals surface area contributed by atoms with Crippen molar-refractivity contribution in [2.45, 2.75) is 39.7 Å². The molecule has 0 aliphatic carbocycles. The lowest BCUT2D eigenvalue weighted by atomic mass is 10.1. The van der Waals surface area contributed by atoms with E-state index in [2.05, 4.69) is 5.10 Å². The Morgan fingerprint density at radius 3 is 2.75 bits per heavy atom. The molecular formula is C19H25N3O2. The number of aryl methyl sites for hydroxylation is 1. The number of likely N-dealkylation sites (tertiary alicyclic amines) is 1. The molecule has 1 aromatic carbocycles. The Morgan fingerprint density at radius 1 is 1.29 bits per heavy atom. The summed E-state index contributed by atoms with van der Waals surface area (Å²) in [5, 5.41) is 4.59. The minimum absolute atomic E-state index is 0.0663. The molecular weight excluding hydrogens is 302 g/mol. The third-order valence-corrected chi connectivity index (χ3v) is 4.57. The average Bonchev–Trinajstić information content (AvgIpc) is 2.90. The smallest absolute Gasteiger partial charge is 0.257 e. The van der Waals surface area contributed by atoms with E-state index in [9.17, 15) is 4.79 Å². The molecule has 2 aromatic rings. The number of ether oxygens (including phenoxy) is 1. The highest BCUT2D eigenvalue weighted by Crippen LogP contribution is 2.22. The van der Waals surface area contributed by atoms with Gasteiger partial charge in [-0.05, 0) is 45.7 Å². The fraction of sp³-hybridized carbons (Fsp3) is 0.474. The van der Waals surface area contributed by atoms with E-state index < -0.39 is 0 Å². The molecule has 1 saturated heterocycles. The molecule has 5 heteroatoms. The molecule has 0 unspecified atom stereocenters. The first-order valence-corrected chi connectivity index (χ1v) is 8.64. The molecule has 1 fully saturated rings. The highest BCUT2D eigenvalue weighted by Gasteiger charge is 2.28. The quantitative estimate of drug-likeness (QED) is 0.867. The molecule has 1 amide bonds. The summed E-state index contributed by atoms with van der Waals surface area (Å²) >= 11 is 0. The Hall–Kier alpha value is -2.14. The molecule has 128 valence electrons. The first-order chi connectivity index (χ1) is 11.6. The van der Waals surface area contributed by atoms with Gasteiger partial charge in [0.15, 0.2) is 0 Å². The van der Waals surface area contributed by atoms with Crippen LogP contribution in [0.15, 0.2) is 30.3 Å². The normalized spacial score (nSPS) is 18.0. The largest absolute Gasteiger partial charge is 0.377 e. The van der Waals surface area contributed by atoms with Crippen LogP contribution in [0.25, 0.3) is 5.69 Å².